The molecule has 4 saturated carbocycles. The first-order chi connectivity index (χ1) is 15.1. The Labute approximate surface area is 189 Å². The molecule has 0 unspecified atom stereocenters. The van der Waals surface area contributed by atoms with Crippen molar-refractivity contribution in [2.24, 2.45) is 34.5 Å². The van der Waals surface area contributed by atoms with Crippen molar-refractivity contribution >= 4 is 5.97 Å². The topological polar surface area (TPSA) is 97.0 Å². The first-order valence-electron chi connectivity index (χ1n) is 12.2. The second kappa shape index (κ2) is 7.42. The van der Waals surface area contributed by atoms with Crippen LogP contribution in [0, 0.1) is 34.5 Å². The SMILES string of the molecule is COC(=O)[C@H]1C[C@]2(O)[C@@H]3CC[C@@H]4C[C@H](O)CC[C@]4(C)[C@@H]3CC[C@]2(C)[C@@H]1c1ccc(=O)oc1. The van der Waals surface area contributed by atoms with Gasteiger partial charge in [0.2, 0.25) is 0 Å². The first-order valence-corrected chi connectivity index (χ1v) is 12.2. The largest absolute Gasteiger partial charge is 0.469 e. The van der Waals surface area contributed by atoms with E-state index in [1.165, 1.54) is 19.4 Å². The third-order valence-electron chi connectivity index (χ3n) is 10.4. The van der Waals surface area contributed by atoms with E-state index in [2.05, 4.69) is 13.8 Å². The summed E-state index contributed by atoms with van der Waals surface area (Å²) < 4.78 is 10.4. The minimum absolute atomic E-state index is 0.116. The lowest BCUT2D eigenvalue weighted by atomic mass is 9.43. The van der Waals surface area contributed by atoms with Gasteiger partial charge in [0, 0.05) is 17.4 Å². The van der Waals surface area contributed by atoms with Crippen LogP contribution in [-0.2, 0) is 9.53 Å². The summed E-state index contributed by atoms with van der Waals surface area (Å²) in [6, 6.07) is 3.14. The Bertz CT molecular complexity index is 935. The molecular formula is C26H36O6. The van der Waals surface area contributed by atoms with Crippen LogP contribution < -0.4 is 5.63 Å². The normalized spacial score (nSPS) is 47.8. The van der Waals surface area contributed by atoms with Gasteiger partial charge in [0.05, 0.1) is 31.0 Å². The maximum atomic E-state index is 12.9. The van der Waals surface area contributed by atoms with E-state index in [0.717, 1.165) is 50.5 Å². The Morgan fingerprint density at radius 3 is 2.59 bits per heavy atom. The molecule has 1 aromatic rings. The third-order valence-corrected chi connectivity index (χ3v) is 10.4. The summed E-state index contributed by atoms with van der Waals surface area (Å²) in [7, 11) is 1.40. The molecule has 6 heteroatoms. The molecule has 6 nitrogen and oxygen atoms in total. The Hall–Kier alpha value is -1.66. The molecule has 0 saturated heterocycles. The Kier molecular flexibility index (Phi) is 5.14. The van der Waals surface area contributed by atoms with Crippen LogP contribution in [0.2, 0.25) is 0 Å². The van der Waals surface area contributed by atoms with Crippen molar-refractivity contribution < 1.29 is 24.2 Å². The lowest BCUT2D eigenvalue weighted by Crippen LogP contribution is -2.62. The van der Waals surface area contributed by atoms with Crippen molar-refractivity contribution in [2.75, 3.05) is 7.11 Å². The fourth-order valence-electron chi connectivity index (χ4n) is 8.80. The highest BCUT2D eigenvalue weighted by molar-refractivity contribution is 5.75. The number of methoxy groups -OCH3 is 1. The highest BCUT2D eigenvalue weighted by Crippen LogP contribution is 2.71. The number of fused-ring (bicyclic) bond motifs is 5. The molecule has 0 amide bonds. The maximum absolute atomic E-state index is 12.9. The number of rotatable bonds is 2. The zero-order valence-corrected chi connectivity index (χ0v) is 19.4. The van der Waals surface area contributed by atoms with Gasteiger partial charge in [-0.25, -0.2) is 4.79 Å². The number of esters is 1. The minimum atomic E-state index is -0.986. The number of ether oxygens (including phenoxy) is 1. The molecule has 0 aliphatic heterocycles. The van der Waals surface area contributed by atoms with Crippen molar-refractivity contribution in [1.82, 2.24) is 0 Å². The van der Waals surface area contributed by atoms with E-state index in [4.69, 9.17) is 9.15 Å². The molecule has 4 aliphatic carbocycles. The van der Waals surface area contributed by atoms with Crippen molar-refractivity contribution in [3.63, 3.8) is 0 Å². The average molecular weight is 445 g/mol. The molecule has 0 spiro atoms. The van der Waals surface area contributed by atoms with E-state index in [-0.39, 0.29) is 29.3 Å². The summed E-state index contributed by atoms with van der Waals surface area (Å²) in [5, 5.41) is 22.7. The van der Waals surface area contributed by atoms with Crippen molar-refractivity contribution in [1.29, 1.82) is 0 Å². The predicted molar refractivity (Wildman–Crippen MR) is 118 cm³/mol. The lowest BCUT2D eigenvalue weighted by Gasteiger charge is -2.63. The second-order valence-corrected chi connectivity index (χ2v) is 11.5. The van der Waals surface area contributed by atoms with Gasteiger partial charge in [-0.05, 0) is 86.2 Å². The molecule has 9 atom stereocenters. The summed E-state index contributed by atoms with van der Waals surface area (Å²) in [4.78, 5) is 24.5. The fourth-order valence-corrected chi connectivity index (χ4v) is 8.80. The molecule has 176 valence electrons. The number of carbonyl (C=O) groups is 1. The number of hydrogen-bond acceptors (Lipinski definition) is 6. The predicted octanol–water partition coefficient (Wildman–Crippen LogP) is 3.64. The van der Waals surface area contributed by atoms with Gasteiger partial charge in [0.25, 0.3) is 0 Å². The monoisotopic (exact) mass is 444 g/mol. The number of aliphatic hydroxyl groups excluding tert-OH is 1. The highest BCUT2D eigenvalue weighted by Gasteiger charge is 2.70. The van der Waals surface area contributed by atoms with E-state index in [1.807, 2.05) is 0 Å². The first kappa shape index (κ1) is 22.1. The van der Waals surface area contributed by atoms with E-state index >= 15 is 0 Å². The van der Waals surface area contributed by atoms with Crippen molar-refractivity contribution in [3.05, 3.63) is 34.4 Å². The number of aliphatic hydroxyl groups is 2. The van der Waals surface area contributed by atoms with Gasteiger partial charge < -0.3 is 19.4 Å². The van der Waals surface area contributed by atoms with Gasteiger partial charge in [-0.1, -0.05) is 13.8 Å². The molecule has 4 aliphatic rings. The molecule has 2 N–H and O–H groups in total. The van der Waals surface area contributed by atoms with Crippen molar-refractivity contribution in [3.8, 4) is 0 Å². The van der Waals surface area contributed by atoms with Crippen molar-refractivity contribution in [2.45, 2.75) is 82.8 Å². The summed E-state index contributed by atoms with van der Waals surface area (Å²) >= 11 is 0. The van der Waals surface area contributed by atoms with E-state index < -0.39 is 22.6 Å². The van der Waals surface area contributed by atoms with E-state index in [1.54, 1.807) is 6.07 Å². The zero-order valence-electron chi connectivity index (χ0n) is 19.4. The van der Waals surface area contributed by atoms with Gasteiger partial charge in [-0.15, -0.1) is 0 Å². The minimum Gasteiger partial charge on any atom is -0.469 e. The summed E-state index contributed by atoms with van der Waals surface area (Å²) in [6.45, 7) is 4.50. The third kappa shape index (κ3) is 2.91. The quantitative estimate of drug-likeness (QED) is 0.676. The maximum Gasteiger partial charge on any atom is 0.335 e. The standard InChI is InChI=1S/C26H36O6/c1-24-10-8-17(27)12-16(24)5-6-20-19(24)9-11-25(2)22(15-4-7-21(28)32-14-15)18(23(29)31-3)13-26(20,25)30/h4,7,14,16-20,22,27,30H,5-6,8-13H2,1-3H3/t16-,17-,18+,19-,20-,22-,24+,25-,26+/m1/s1. The van der Waals surface area contributed by atoms with Gasteiger partial charge in [-0.2, -0.15) is 0 Å². The van der Waals surface area contributed by atoms with Crippen LogP contribution in [0.5, 0.6) is 0 Å². The zero-order chi connectivity index (χ0) is 22.9. The van der Waals surface area contributed by atoms with Gasteiger partial charge in [-0.3, -0.25) is 4.79 Å². The highest BCUT2D eigenvalue weighted by atomic mass is 16.5. The van der Waals surface area contributed by atoms with Gasteiger partial charge in [0.15, 0.2) is 0 Å². The molecule has 5 rings (SSSR count). The summed E-state index contributed by atoms with van der Waals surface area (Å²) in [5.41, 5.74) is -1.00. The van der Waals surface area contributed by atoms with Crippen LogP contribution in [-0.4, -0.2) is 35.0 Å². The lowest BCUT2D eigenvalue weighted by molar-refractivity contribution is -0.205. The number of hydrogen-bond donors (Lipinski definition) is 2. The van der Waals surface area contributed by atoms with Crippen LogP contribution in [0.15, 0.2) is 27.6 Å². The van der Waals surface area contributed by atoms with Crippen LogP contribution >= 0.6 is 0 Å². The fraction of sp³-hybridized carbons (Fsp3) is 0.769. The molecule has 0 aromatic carbocycles. The summed E-state index contributed by atoms with van der Waals surface area (Å²) in [5.74, 6) is -0.0349. The molecule has 1 heterocycles. The Morgan fingerprint density at radius 1 is 1.12 bits per heavy atom. The van der Waals surface area contributed by atoms with Gasteiger partial charge >= 0.3 is 11.6 Å². The van der Waals surface area contributed by atoms with Crippen LogP contribution in [0.1, 0.15) is 76.7 Å². The average Bonchev–Trinajstić information content (AvgIpc) is 3.02. The van der Waals surface area contributed by atoms with E-state index in [9.17, 15) is 19.8 Å². The molecule has 0 bridgehead atoms. The summed E-state index contributed by atoms with van der Waals surface area (Å²) in [6.07, 6.45) is 8.11. The number of carbonyl (C=O) groups excluding carboxylic acids is 1. The van der Waals surface area contributed by atoms with E-state index in [0.29, 0.717) is 18.3 Å². The Morgan fingerprint density at radius 2 is 1.91 bits per heavy atom. The second-order valence-electron chi connectivity index (χ2n) is 11.5. The smallest absolute Gasteiger partial charge is 0.335 e. The molecular weight excluding hydrogens is 408 g/mol. The van der Waals surface area contributed by atoms with Crippen LogP contribution in [0.4, 0.5) is 0 Å². The Balaban J connectivity index is 1.56. The van der Waals surface area contributed by atoms with Gasteiger partial charge in [0.1, 0.15) is 0 Å². The molecule has 4 fully saturated rings. The molecule has 0 radical (unpaired) electrons. The van der Waals surface area contributed by atoms with Crippen LogP contribution in [0.3, 0.4) is 0 Å². The van der Waals surface area contributed by atoms with Crippen LogP contribution in [0.25, 0.3) is 0 Å². The molecule has 32 heavy (non-hydrogen) atoms. The molecule has 1 aromatic heterocycles.